The minimum absolute atomic E-state index is 0.134. The van der Waals surface area contributed by atoms with Gasteiger partial charge >= 0.3 is 0 Å². The van der Waals surface area contributed by atoms with E-state index in [4.69, 9.17) is 17.2 Å². The second kappa shape index (κ2) is 7.53. The number of benzene rings is 1. The lowest BCUT2D eigenvalue weighted by Gasteiger charge is -2.40. The summed E-state index contributed by atoms with van der Waals surface area (Å²) in [5.74, 6) is -3.48. The third-order valence-corrected chi connectivity index (χ3v) is 8.68. The molecule has 4 amide bonds. The highest BCUT2D eigenvalue weighted by Gasteiger charge is 2.83. The van der Waals surface area contributed by atoms with Gasteiger partial charge < -0.3 is 27.4 Å². The predicted octanol–water partition coefficient (Wildman–Crippen LogP) is 0.926. The van der Waals surface area contributed by atoms with Crippen LogP contribution in [0.2, 0.25) is 0 Å². The lowest BCUT2D eigenvalue weighted by atomic mass is 9.71. The lowest BCUT2D eigenvalue weighted by Crippen LogP contribution is -2.59. The van der Waals surface area contributed by atoms with Crippen molar-refractivity contribution in [2.45, 2.75) is 59.0 Å². The number of primary amides is 2. The molecule has 184 valence electrons. The van der Waals surface area contributed by atoms with Crippen LogP contribution in [0.5, 0.6) is 0 Å². The van der Waals surface area contributed by atoms with E-state index in [1.54, 1.807) is 0 Å². The van der Waals surface area contributed by atoms with Crippen LogP contribution < -0.4 is 22.5 Å². The van der Waals surface area contributed by atoms with Gasteiger partial charge in [0.05, 0.1) is 12.0 Å². The zero-order valence-corrected chi connectivity index (χ0v) is 20.4. The van der Waals surface area contributed by atoms with Crippen LogP contribution in [0.4, 0.5) is 5.69 Å². The Bertz CT molecular complexity index is 1080. The van der Waals surface area contributed by atoms with Crippen LogP contribution in [0.1, 0.15) is 52.5 Å². The first kappa shape index (κ1) is 24.2. The molecule has 2 heterocycles. The summed E-state index contributed by atoms with van der Waals surface area (Å²) in [4.78, 5) is 53.5. The van der Waals surface area contributed by atoms with Gasteiger partial charge in [0.25, 0.3) is 0 Å². The minimum atomic E-state index is -1.04. The zero-order chi connectivity index (χ0) is 25.4. The Hall–Kier alpha value is -2.94. The highest BCUT2D eigenvalue weighted by atomic mass is 16.2. The smallest absolute Gasteiger partial charge is 0.240 e. The number of nitrogens with one attached hydrogen (secondary N) is 1. The van der Waals surface area contributed by atoms with E-state index < -0.39 is 52.0 Å². The van der Waals surface area contributed by atoms with Gasteiger partial charge in [-0.3, -0.25) is 19.2 Å². The van der Waals surface area contributed by atoms with Crippen LogP contribution in [0.15, 0.2) is 24.3 Å². The number of rotatable bonds is 6. The number of para-hydroxylation sites is 1. The quantitative estimate of drug-likeness (QED) is 0.486. The molecule has 1 aromatic carbocycles. The number of hydrogen-bond donors (Lipinski definition) is 4. The lowest BCUT2D eigenvalue weighted by molar-refractivity contribution is -0.146. The van der Waals surface area contributed by atoms with Crippen LogP contribution >= 0.6 is 0 Å². The predicted molar refractivity (Wildman–Crippen MR) is 127 cm³/mol. The highest BCUT2D eigenvalue weighted by molar-refractivity contribution is 6.03. The Morgan fingerprint density at radius 2 is 1.79 bits per heavy atom. The number of nitrogens with zero attached hydrogens (tertiary/aromatic N) is 1. The van der Waals surface area contributed by atoms with Gasteiger partial charge in [0.15, 0.2) is 0 Å². The normalized spacial score (nSPS) is 30.7. The van der Waals surface area contributed by atoms with Gasteiger partial charge in [-0.25, -0.2) is 0 Å². The summed E-state index contributed by atoms with van der Waals surface area (Å²) < 4.78 is 0. The first-order valence-corrected chi connectivity index (χ1v) is 11.7. The number of nitrogens with two attached hydrogens (primary N) is 3. The van der Waals surface area contributed by atoms with E-state index in [9.17, 15) is 19.2 Å². The average Bonchev–Trinajstić information content (AvgIpc) is 3.03. The molecule has 0 spiro atoms. The van der Waals surface area contributed by atoms with E-state index in [-0.39, 0.29) is 30.7 Å². The third kappa shape index (κ3) is 3.16. The van der Waals surface area contributed by atoms with Gasteiger partial charge in [0.2, 0.25) is 23.6 Å². The maximum Gasteiger partial charge on any atom is 0.240 e. The van der Waals surface area contributed by atoms with Crippen molar-refractivity contribution in [1.29, 1.82) is 0 Å². The second-order valence-corrected chi connectivity index (χ2v) is 11.7. The van der Waals surface area contributed by atoms with Crippen molar-refractivity contribution < 1.29 is 19.2 Å². The molecule has 4 unspecified atom stereocenters. The molecule has 1 aliphatic carbocycles. The number of anilines is 1. The molecule has 1 saturated carbocycles. The van der Waals surface area contributed by atoms with Crippen LogP contribution in [0.25, 0.3) is 0 Å². The van der Waals surface area contributed by atoms with E-state index >= 15 is 0 Å². The van der Waals surface area contributed by atoms with Crippen molar-refractivity contribution in [1.82, 2.24) is 4.90 Å². The van der Waals surface area contributed by atoms with Gasteiger partial charge in [-0.1, -0.05) is 52.8 Å². The molecule has 4 rings (SSSR count). The van der Waals surface area contributed by atoms with E-state index in [0.29, 0.717) is 5.69 Å². The fraction of sp³-hybridized carbons (Fsp3) is 0.600. The molecular formula is C25H35N5O4. The molecule has 0 aromatic heterocycles. The molecule has 9 nitrogen and oxygen atoms in total. The summed E-state index contributed by atoms with van der Waals surface area (Å²) in [7, 11) is 0. The van der Waals surface area contributed by atoms with Crippen molar-refractivity contribution in [3.8, 4) is 0 Å². The average molecular weight is 470 g/mol. The van der Waals surface area contributed by atoms with Crippen molar-refractivity contribution in [3.63, 3.8) is 0 Å². The molecule has 2 aliphatic heterocycles. The maximum absolute atomic E-state index is 13.4. The van der Waals surface area contributed by atoms with Crippen molar-refractivity contribution in [2.75, 3.05) is 11.9 Å². The van der Waals surface area contributed by atoms with E-state index in [2.05, 4.69) is 5.32 Å². The van der Waals surface area contributed by atoms with Gasteiger partial charge in [-0.05, 0) is 34.8 Å². The Morgan fingerprint density at radius 3 is 2.35 bits per heavy atom. The molecule has 3 aliphatic rings. The summed E-state index contributed by atoms with van der Waals surface area (Å²) in [5, 5.41) is 2.86. The van der Waals surface area contributed by atoms with E-state index in [1.807, 2.05) is 58.9 Å². The summed E-state index contributed by atoms with van der Waals surface area (Å²) >= 11 is 0. The summed E-state index contributed by atoms with van der Waals surface area (Å²) in [6.07, 6.45) is 0.134. The fourth-order valence-electron chi connectivity index (χ4n) is 6.75. The van der Waals surface area contributed by atoms with Crippen LogP contribution in [0.3, 0.4) is 0 Å². The molecule has 2 fully saturated rings. The number of piperidine rings is 1. The number of carbonyl (C=O) groups excluding carboxylic acids is 4. The van der Waals surface area contributed by atoms with Gasteiger partial charge in [-0.2, -0.15) is 0 Å². The molecule has 1 aromatic rings. The Labute approximate surface area is 199 Å². The highest BCUT2D eigenvalue weighted by Crippen LogP contribution is 2.78. The number of amides is 4. The summed E-state index contributed by atoms with van der Waals surface area (Å²) in [6.45, 7) is 9.77. The largest absolute Gasteiger partial charge is 0.369 e. The van der Waals surface area contributed by atoms with Crippen LogP contribution in [-0.4, -0.2) is 47.2 Å². The standard InChI is InChI=1S/C25H35N5O4/c1-23(2,3)17(26)22(34)30-11-16-24(4,5)25(16,18(30)20(28)32)14(19(27)31)10-13-12-8-6-7-9-15(12)29-21(13)33/h6-9,13-14,16-18H,10-11,26H2,1-5H3,(H2,27,31)(H2,28,32)(H,29,33)/t13?,14-,16?,17-,18?,25?/m1/s1. The number of hydrogen-bond acceptors (Lipinski definition) is 5. The van der Waals surface area contributed by atoms with Crippen LogP contribution in [-0.2, 0) is 19.2 Å². The summed E-state index contributed by atoms with van der Waals surface area (Å²) in [6, 6.07) is 5.45. The maximum atomic E-state index is 13.4. The fourth-order valence-corrected chi connectivity index (χ4v) is 6.75. The molecule has 1 saturated heterocycles. The van der Waals surface area contributed by atoms with Gasteiger partial charge in [0, 0.05) is 23.6 Å². The van der Waals surface area contributed by atoms with Gasteiger partial charge in [-0.15, -0.1) is 0 Å². The number of fused-ring (bicyclic) bond motifs is 2. The Balaban J connectivity index is 1.75. The number of likely N-dealkylation sites (tertiary alicyclic amines) is 1. The van der Waals surface area contributed by atoms with Crippen molar-refractivity contribution >= 4 is 29.3 Å². The van der Waals surface area contributed by atoms with Crippen LogP contribution in [0, 0.1) is 28.1 Å². The minimum Gasteiger partial charge on any atom is -0.369 e. The number of carbonyl (C=O) groups is 4. The monoisotopic (exact) mass is 469 g/mol. The zero-order valence-electron chi connectivity index (χ0n) is 20.4. The second-order valence-electron chi connectivity index (χ2n) is 11.7. The van der Waals surface area contributed by atoms with Crippen molar-refractivity contribution in [3.05, 3.63) is 29.8 Å². The Morgan fingerprint density at radius 1 is 1.18 bits per heavy atom. The molecule has 7 N–H and O–H groups in total. The van der Waals surface area contributed by atoms with E-state index in [0.717, 1.165) is 5.56 Å². The molecule has 0 bridgehead atoms. The topological polar surface area (TPSA) is 162 Å². The third-order valence-electron chi connectivity index (χ3n) is 8.68. The molecule has 0 radical (unpaired) electrons. The first-order valence-electron chi connectivity index (χ1n) is 11.7. The summed E-state index contributed by atoms with van der Waals surface area (Å²) in [5.41, 5.74) is 17.6. The first-order chi connectivity index (χ1) is 15.7. The molecule has 34 heavy (non-hydrogen) atoms. The molecule has 9 heteroatoms. The van der Waals surface area contributed by atoms with Gasteiger partial charge in [0.1, 0.15) is 6.04 Å². The molecular weight excluding hydrogens is 434 g/mol. The molecule has 6 atom stereocenters. The van der Waals surface area contributed by atoms with E-state index in [1.165, 1.54) is 4.90 Å². The SMILES string of the molecule is CC(C)(C)[C@H](N)C(=O)N1CC2C(C)(C)C2([C@H](CC2C(=O)Nc3ccccc32)C(N)=O)C1C(N)=O. The Kier molecular flexibility index (Phi) is 5.36. The van der Waals surface area contributed by atoms with Crippen molar-refractivity contribution in [2.24, 2.45) is 45.3 Å².